The quantitative estimate of drug-likeness (QED) is 0.852. The van der Waals surface area contributed by atoms with Crippen molar-refractivity contribution in [3.8, 4) is 17.0 Å². The van der Waals surface area contributed by atoms with Crippen LogP contribution in [0, 0.1) is 6.92 Å². The van der Waals surface area contributed by atoms with E-state index in [4.69, 9.17) is 4.74 Å². The lowest BCUT2D eigenvalue weighted by molar-refractivity contribution is -0.135. The van der Waals surface area contributed by atoms with E-state index in [1.54, 1.807) is 0 Å². The van der Waals surface area contributed by atoms with E-state index < -0.39 is 0 Å². The maximum Gasteiger partial charge on any atom is 0.244 e. The number of piperidine rings is 1. The Morgan fingerprint density at radius 3 is 3.08 bits per heavy atom. The molecule has 0 saturated carbocycles. The van der Waals surface area contributed by atoms with Gasteiger partial charge in [0.05, 0.1) is 11.9 Å². The third-order valence-corrected chi connectivity index (χ3v) is 5.10. The van der Waals surface area contributed by atoms with Crippen molar-refractivity contribution in [2.24, 2.45) is 0 Å². The summed E-state index contributed by atoms with van der Waals surface area (Å²) in [6.45, 7) is 5.88. The van der Waals surface area contributed by atoms with Gasteiger partial charge in [0.25, 0.3) is 0 Å². The van der Waals surface area contributed by atoms with Gasteiger partial charge in [-0.1, -0.05) is 11.6 Å². The Bertz CT molecular complexity index is 781. The highest BCUT2D eigenvalue weighted by atomic mass is 16.5. The molecule has 2 aromatic rings. The number of hydrogen-bond acceptors (Lipinski definition) is 3. The van der Waals surface area contributed by atoms with Crippen LogP contribution in [-0.4, -0.2) is 33.2 Å². The van der Waals surface area contributed by atoms with Crippen LogP contribution in [0.4, 0.5) is 0 Å². The van der Waals surface area contributed by atoms with Crippen molar-refractivity contribution in [3.05, 3.63) is 35.5 Å². The molecule has 5 heteroatoms. The smallest absolute Gasteiger partial charge is 0.244 e. The number of carbonyl (C=O) groups excluding carboxylic acids is 1. The van der Waals surface area contributed by atoms with Gasteiger partial charge in [0.2, 0.25) is 5.91 Å². The number of benzene rings is 1. The molecule has 1 amide bonds. The predicted molar refractivity (Wildman–Crippen MR) is 91.8 cm³/mol. The Morgan fingerprint density at radius 1 is 1.38 bits per heavy atom. The molecule has 1 aromatic heterocycles. The van der Waals surface area contributed by atoms with Crippen molar-refractivity contribution in [2.45, 2.75) is 52.3 Å². The molecule has 4 rings (SSSR count). The third kappa shape index (κ3) is 2.58. The van der Waals surface area contributed by atoms with Gasteiger partial charge in [0.15, 0.2) is 0 Å². The van der Waals surface area contributed by atoms with Crippen molar-refractivity contribution in [3.63, 3.8) is 0 Å². The summed E-state index contributed by atoms with van der Waals surface area (Å²) in [6.07, 6.45) is 5.24. The molecule has 0 unspecified atom stereocenters. The van der Waals surface area contributed by atoms with Crippen LogP contribution in [0.25, 0.3) is 11.3 Å². The molecule has 0 aliphatic carbocycles. The van der Waals surface area contributed by atoms with Crippen molar-refractivity contribution >= 4 is 5.91 Å². The molecule has 1 aromatic carbocycles. The number of aryl methyl sites for hydroxylation is 1. The summed E-state index contributed by atoms with van der Waals surface area (Å²) in [7, 11) is 0. The first kappa shape index (κ1) is 15.2. The number of fused-ring (bicyclic) bond motifs is 3. The Labute approximate surface area is 142 Å². The molecule has 3 heterocycles. The SMILES string of the molecule is Cc1ccc2c(c1)-c1c(cnn1CC(=O)N1CCCC[C@@H]1C)CO2. The van der Waals surface area contributed by atoms with Gasteiger partial charge in [-0.05, 0) is 45.2 Å². The minimum Gasteiger partial charge on any atom is -0.488 e. The minimum atomic E-state index is 0.161. The average molecular weight is 325 g/mol. The van der Waals surface area contributed by atoms with Crippen LogP contribution in [0.1, 0.15) is 37.3 Å². The molecule has 1 saturated heterocycles. The highest BCUT2D eigenvalue weighted by Crippen LogP contribution is 2.38. The molecule has 0 spiro atoms. The van der Waals surface area contributed by atoms with Crippen LogP contribution in [0.5, 0.6) is 5.75 Å². The largest absolute Gasteiger partial charge is 0.488 e. The second-order valence-electron chi connectivity index (χ2n) is 6.90. The topological polar surface area (TPSA) is 47.4 Å². The van der Waals surface area contributed by atoms with Gasteiger partial charge < -0.3 is 9.64 Å². The number of hydrogen-bond donors (Lipinski definition) is 0. The number of amides is 1. The number of aromatic nitrogens is 2. The molecule has 1 atom stereocenters. The van der Waals surface area contributed by atoms with Crippen LogP contribution in [0.3, 0.4) is 0 Å². The maximum atomic E-state index is 12.8. The first-order valence-electron chi connectivity index (χ1n) is 8.71. The fourth-order valence-electron chi connectivity index (χ4n) is 3.76. The first-order chi connectivity index (χ1) is 11.6. The van der Waals surface area contributed by atoms with Crippen molar-refractivity contribution in [2.75, 3.05) is 6.54 Å². The molecule has 5 nitrogen and oxygen atoms in total. The lowest BCUT2D eigenvalue weighted by Gasteiger charge is -2.33. The van der Waals surface area contributed by atoms with Crippen LogP contribution in [-0.2, 0) is 17.9 Å². The molecule has 2 aliphatic heterocycles. The number of carbonyl (C=O) groups is 1. The summed E-state index contributed by atoms with van der Waals surface area (Å²) < 4.78 is 7.65. The van der Waals surface area contributed by atoms with Gasteiger partial charge in [-0.25, -0.2) is 0 Å². The number of ether oxygens (including phenoxy) is 1. The lowest BCUT2D eigenvalue weighted by Crippen LogP contribution is -2.43. The third-order valence-electron chi connectivity index (χ3n) is 5.10. The fraction of sp³-hybridized carbons (Fsp3) is 0.474. The minimum absolute atomic E-state index is 0.161. The Morgan fingerprint density at radius 2 is 2.25 bits per heavy atom. The molecule has 1 fully saturated rings. The number of likely N-dealkylation sites (tertiary alicyclic amines) is 1. The van der Waals surface area contributed by atoms with Gasteiger partial charge in [-0.15, -0.1) is 0 Å². The van der Waals surface area contributed by atoms with Gasteiger partial charge >= 0.3 is 0 Å². The maximum absolute atomic E-state index is 12.8. The van der Waals surface area contributed by atoms with E-state index in [-0.39, 0.29) is 5.91 Å². The summed E-state index contributed by atoms with van der Waals surface area (Å²) in [5.41, 5.74) is 4.28. The molecule has 126 valence electrons. The van der Waals surface area contributed by atoms with Crippen LogP contribution < -0.4 is 4.74 Å². The normalized spacial score (nSPS) is 19.4. The van der Waals surface area contributed by atoms with E-state index >= 15 is 0 Å². The van der Waals surface area contributed by atoms with E-state index in [9.17, 15) is 4.79 Å². The average Bonchev–Trinajstić information content (AvgIpc) is 2.98. The Kier molecular flexibility index (Phi) is 3.79. The zero-order chi connectivity index (χ0) is 16.7. The second kappa shape index (κ2) is 5.96. The van der Waals surface area contributed by atoms with Crippen molar-refractivity contribution < 1.29 is 9.53 Å². The van der Waals surface area contributed by atoms with E-state index in [0.717, 1.165) is 42.0 Å². The van der Waals surface area contributed by atoms with Gasteiger partial charge in [-0.2, -0.15) is 5.10 Å². The molecule has 24 heavy (non-hydrogen) atoms. The second-order valence-corrected chi connectivity index (χ2v) is 6.90. The molecular weight excluding hydrogens is 302 g/mol. The molecule has 0 bridgehead atoms. The van der Waals surface area contributed by atoms with Crippen molar-refractivity contribution in [1.82, 2.24) is 14.7 Å². The predicted octanol–water partition coefficient (Wildman–Crippen LogP) is 3.15. The number of nitrogens with zero attached hydrogens (tertiary/aromatic N) is 3. The highest BCUT2D eigenvalue weighted by Gasteiger charge is 2.27. The number of rotatable bonds is 2. The lowest BCUT2D eigenvalue weighted by atomic mass is 10.0. The Balaban J connectivity index is 1.64. The standard InChI is InChI=1S/C19H23N3O2/c1-13-6-7-17-16(9-13)19-15(12-24-17)10-20-22(19)11-18(23)21-8-4-3-5-14(21)2/h6-7,9-10,14H,3-5,8,11-12H2,1-2H3/t14-/m0/s1. The van der Waals surface area contributed by atoms with Crippen LogP contribution in [0.2, 0.25) is 0 Å². The van der Waals surface area contributed by atoms with Crippen LogP contribution in [0.15, 0.2) is 24.4 Å². The van der Waals surface area contributed by atoms with Crippen molar-refractivity contribution in [1.29, 1.82) is 0 Å². The van der Waals surface area contributed by atoms with Gasteiger partial charge in [0.1, 0.15) is 18.9 Å². The monoisotopic (exact) mass is 325 g/mol. The van der Waals surface area contributed by atoms with E-state index in [1.807, 2.05) is 27.9 Å². The zero-order valence-corrected chi connectivity index (χ0v) is 14.3. The van der Waals surface area contributed by atoms with Gasteiger partial charge in [0, 0.05) is 23.7 Å². The molecule has 2 aliphatic rings. The van der Waals surface area contributed by atoms with E-state index in [0.29, 0.717) is 19.2 Å². The Hall–Kier alpha value is -2.30. The summed E-state index contributed by atoms with van der Waals surface area (Å²) >= 11 is 0. The van der Waals surface area contributed by atoms with Gasteiger partial charge in [-0.3, -0.25) is 9.48 Å². The molecular formula is C19H23N3O2. The summed E-state index contributed by atoms with van der Waals surface area (Å²) in [6, 6.07) is 6.49. The van der Waals surface area contributed by atoms with E-state index in [2.05, 4.69) is 25.0 Å². The summed E-state index contributed by atoms with van der Waals surface area (Å²) in [5.74, 6) is 1.03. The molecule has 0 N–H and O–H groups in total. The van der Waals surface area contributed by atoms with E-state index in [1.165, 1.54) is 12.0 Å². The zero-order valence-electron chi connectivity index (χ0n) is 14.3. The fourth-order valence-corrected chi connectivity index (χ4v) is 3.76. The summed E-state index contributed by atoms with van der Waals surface area (Å²) in [5, 5.41) is 4.48. The first-order valence-corrected chi connectivity index (χ1v) is 8.71. The van der Waals surface area contributed by atoms with Crippen LogP contribution >= 0.6 is 0 Å². The molecule has 0 radical (unpaired) electrons. The highest BCUT2D eigenvalue weighted by molar-refractivity contribution is 5.79. The summed E-state index contributed by atoms with van der Waals surface area (Å²) in [4.78, 5) is 14.8.